The Morgan fingerprint density at radius 3 is 1.69 bits per heavy atom. The number of nitrogens with zero attached hydrogens (tertiary/aromatic N) is 1. The van der Waals surface area contributed by atoms with Gasteiger partial charge in [0.1, 0.15) is 0 Å². The van der Waals surface area contributed by atoms with Crippen molar-refractivity contribution in [3.05, 3.63) is 0 Å². The number of esters is 3. The van der Waals surface area contributed by atoms with E-state index < -0.39 is 23.3 Å². The topological polar surface area (TPSA) is 123 Å². The number of hydrogen-bond donors (Lipinski definition) is 2. The molecule has 2 N–H and O–H groups in total. The third-order valence-electron chi connectivity index (χ3n) is 3.84. The van der Waals surface area contributed by atoms with Crippen molar-refractivity contribution >= 4 is 17.9 Å². The molecule has 0 heterocycles. The van der Waals surface area contributed by atoms with Crippen molar-refractivity contribution in [2.75, 3.05) is 52.7 Å². The molecule has 0 aromatic heterocycles. The highest BCUT2D eigenvalue weighted by atomic mass is 16.5. The minimum absolute atomic E-state index is 0.000307. The second-order valence-corrected chi connectivity index (χ2v) is 5.90. The summed E-state index contributed by atoms with van der Waals surface area (Å²) >= 11 is 0. The molecule has 9 heteroatoms. The third-order valence-corrected chi connectivity index (χ3v) is 3.84. The molecule has 0 aromatic rings. The van der Waals surface area contributed by atoms with Crippen molar-refractivity contribution in [1.82, 2.24) is 4.90 Å². The summed E-state index contributed by atoms with van der Waals surface area (Å²) in [5.74, 6) is -1.43. The third kappa shape index (κ3) is 9.69. The largest absolute Gasteiger partial charge is 0.466 e. The van der Waals surface area contributed by atoms with Crippen LogP contribution in [0.2, 0.25) is 0 Å². The van der Waals surface area contributed by atoms with Crippen LogP contribution >= 0.6 is 0 Å². The van der Waals surface area contributed by atoms with Gasteiger partial charge in [0.15, 0.2) is 0 Å². The SMILES string of the molecule is CCOC(=O)C(CCOC(C)=O)(CCOC(C)=O)CN(CCO)CCO. The zero-order valence-electron chi connectivity index (χ0n) is 15.9. The van der Waals surface area contributed by atoms with Crippen LogP contribution in [0.4, 0.5) is 0 Å². The molecule has 0 aliphatic carbocycles. The van der Waals surface area contributed by atoms with Crippen LogP contribution in [0, 0.1) is 5.41 Å². The molecule has 0 unspecified atom stereocenters. The van der Waals surface area contributed by atoms with Crippen LogP contribution in [0.5, 0.6) is 0 Å². The smallest absolute Gasteiger partial charge is 0.313 e. The van der Waals surface area contributed by atoms with E-state index in [1.807, 2.05) is 0 Å². The first kappa shape index (κ1) is 24.3. The molecular formula is C17H31NO8. The van der Waals surface area contributed by atoms with Gasteiger partial charge >= 0.3 is 17.9 Å². The number of carbonyl (C=O) groups excluding carboxylic acids is 3. The molecule has 0 rings (SSSR count). The number of aliphatic hydroxyl groups is 2. The zero-order valence-corrected chi connectivity index (χ0v) is 15.9. The molecule has 9 nitrogen and oxygen atoms in total. The van der Waals surface area contributed by atoms with Gasteiger partial charge in [-0.3, -0.25) is 19.3 Å². The molecule has 0 radical (unpaired) electrons. The molecule has 26 heavy (non-hydrogen) atoms. The lowest BCUT2D eigenvalue weighted by Gasteiger charge is -2.36. The number of aliphatic hydroxyl groups excluding tert-OH is 2. The first-order chi connectivity index (χ1) is 12.3. The molecule has 0 saturated carbocycles. The lowest BCUT2D eigenvalue weighted by molar-refractivity contribution is -0.163. The average molecular weight is 377 g/mol. The van der Waals surface area contributed by atoms with Crippen molar-refractivity contribution in [2.24, 2.45) is 5.41 Å². The Balaban J connectivity index is 5.45. The first-order valence-electron chi connectivity index (χ1n) is 8.69. The maximum atomic E-state index is 12.7. The monoisotopic (exact) mass is 377 g/mol. The van der Waals surface area contributed by atoms with Gasteiger partial charge in [0.2, 0.25) is 0 Å². The zero-order chi connectivity index (χ0) is 20.0. The van der Waals surface area contributed by atoms with Crippen LogP contribution in [-0.2, 0) is 28.6 Å². The molecule has 152 valence electrons. The lowest BCUT2D eigenvalue weighted by Crippen LogP contribution is -2.47. The van der Waals surface area contributed by atoms with E-state index in [9.17, 15) is 24.6 Å². The van der Waals surface area contributed by atoms with Crippen molar-refractivity contribution in [1.29, 1.82) is 0 Å². The minimum atomic E-state index is -1.11. The van der Waals surface area contributed by atoms with Crippen LogP contribution in [0.15, 0.2) is 0 Å². The summed E-state index contributed by atoms with van der Waals surface area (Å²) in [5, 5.41) is 18.4. The number of ether oxygens (including phenoxy) is 3. The second kappa shape index (κ2) is 13.5. The molecule has 0 aromatic carbocycles. The molecule has 0 fully saturated rings. The highest BCUT2D eigenvalue weighted by Crippen LogP contribution is 2.30. The quantitative estimate of drug-likeness (QED) is 0.311. The van der Waals surface area contributed by atoms with Crippen molar-refractivity contribution in [3.8, 4) is 0 Å². The van der Waals surface area contributed by atoms with Crippen molar-refractivity contribution in [2.45, 2.75) is 33.6 Å². The summed E-state index contributed by atoms with van der Waals surface area (Å²) in [7, 11) is 0. The maximum Gasteiger partial charge on any atom is 0.313 e. The molecule has 0 amide bonds. The fraction of sp³-hybridized carbons (Fsp3) is 0.824. The Kier molecular flexibility index (Phi) is 12.6. The summed E-state index contributed by atoms with van der Waals surface area (Å²) in [5.41, 5.74) is -1.11. The van der Waals surface area contributed by atoms with Crippen LogP contribution < -0.4 is 0 Å². The molecule has 0 aliphatic heterocycles. The lowest BCUT2D eigenvalue weighted by atomic mass is 9.80. The van der Waals surface area contributed by atoms with E-state index in [1.54, 1.807) is 11.8 Å². The van der Waals surface area contributed by atoms with E-state index in [0.29, 0.717) is 0 Å². The summed E-state index contributed by atoms with van der Waals surface area (Å²) in [6, 6.07) is 0. The molecule has 0 bridgehead atoms. The van der Waals surface area contributed by atoms with Gasteiger partial charge in [-0.2, -0.15) is 0 Å². The summed E-state index contributed by atoms with van der Waals surface area (Å²) < 4.78 is 15.2. The summed E-state index contributed by atoms with van der Waals surface area (Å²) in [6.45, 7) is 4.77. The Hall–Kier alpha value is -1.71. The van der Waals surface area contributed by atoms with E-state index in [2.05, 4.69) is 0 Å². The predicted octanol–water partition coefficient (Wildman–Crippen LogP) is -0.271. The minimum Gasteiger partial charge on any atom is -0.466 e. The second-order valence-electron chi connectivity index (χ2n) is 5.90. The van der Waals surface area contributed by atoms with Crippen molar-refractivity contribution < 1.29 is 38.8 Å². The molecule has 0 saturated heterocycles. The van der Waals surface area contributed by atoms with E-state index in [0.717, 1.165) is 0 Å². The number of rotatable bonds is 14. The molecule has 0 atom stereocenters. The van der Waals surface area contributed by atoms with Gasteiger partial charge in [0.25, 0.3) is 0 Å². The Morgan fingerprint density at radius 2 is 1.35 bits per heavy atom. The molecule has 0 spiro atoms. The van der Waals surface area contributed by atoms with E-state index in [-0.39, 0.29) is 65.5 Å². The van der Waals surface area contributed by atoms with E-state index in [1.165, 1.54) is 13.8 Å². The fourth-order valence-electron chi connectivity index (χ4n) is 2.60. The van der Waals surface area contributed by atoms with Crippen LogP contribution in [0.3, 0.4) is 0 Å². The van der Waals surface area contributed by atoms with Gasteiger partial charge in [0, 0.05) is 33.5 Å². The van der Waals surface area contributed by atoms with Gasteiger partial charge in [0.05, 0.1) is 38.4 Å². The van der Waals surface area contributed by atoms with Crippen molar-refractivity contribution in [3.63, 3.8) is 0 Å². The van der Waals surface area contributed by atoms with Gasteiger partial charge < -0.3 is 24.4 Å². The van der Waals surface area contributed by atoms with Crippen LogP contribution in [0.1, 0.15) is 33.6 Å². The van der Waals surface area contributed by atoms with Crippen LogP contribution in [-0.4, -0.2) is 85.7 Å². The highest BCUT2D eigenvalue weighted by molar-refractivity contribution is 5.77. The Labute approximate surface area is 154 Å². The molecule has 0 aliphatic rings. The van der Waals surface area contributed by atoms with Gasteiger partial charge in [-0.15, -0.1) is 0 Å². The number of carbonyl (C=O) groups is 3. The normalized spacial score (nSPS) is 11.3. The number of hydrogen-bond acceptors (Lipinski definition) is 9. The fourth-order valence-corrected chi connectivity index (χ4v) is 2.60. The first-order valence-corrected chi connectivity index (χ1v) is 8.69. The standard InChI is InChI=1S/C17H31NO8/c1-4-24-16(23)17(5-11-25-14(2)21,6-12-26-15(3)22)13-18(7-9-19)8-10-20/h19-20H,4-13H2,1-3H3. The van der Waals surface area contributed by atoms with Gasteiger partial charge in [-0.05, 0) is 19.8 Å². The Morgan fingerprint density at radius 1 is 0.885 bits per heavy atom. The predicted molar refractivity (Wildman–Crippen MR) is 92.2 cm³/mol. The highest BCUT2D eigenvalue weighted by Gasteiger charge is 2.41. The van der Waals surface area contributed by atoms with E-state index in [4.69, 9.17) is 14.2 Å². The Bertz CT molecular complexity index is 414. The maximum absolute atomic E-state index is 12.7. The average Bonchev–Trinajstić information content (AvgIpc) is 2.54. The van der Waals surface area contributed by atoms with Crippen LogP contribution in [0.25, 0.3) is 0 Å². The summed E-state index contributed by atoms with van der Waals surface area (Å²) in [6.07, 6.45) is 0.333. The molecular weight excluding hydrogens is 346 g/mol. The van der Waals surface area contributed by atoms with Gasteiger partial charge in [-0.25, -0.2) is 0 Å². The van der Waals surface area contributed by atoms with E-state index >= 15 is 0 Å². The van der Waals surface area contributed by atoms with Gasteiger partial charge in [-0.1, -0.05) is 0 Å². The summed E-state index contributed by atoms with van der Waals surface area (Å²) in [4.78, 5) is 36.6.